The topological polar surface area (TPSA) is 63.3 Å². The third-order valence-corrected chi connectivity index (χ3v) is 3.71. The summed E-state index contributed by atoms with van der Waals surface area (Å²) < 4.78 is 5.56. The summed E-state index contributed by atoms with van der Waals surface area (Å²) >= 11 is 0. The molecule has 1 heterocycles. The summed E-state index contributed by atoms with van der Waals surface area (Å²) in [6.45, 7) is 4.12. The number of carboxylic acids is 1. The minimum absolute atomic E-state index is 0.0490. The molecule has 106 valence electrons. The number of hydrogen-bond donors (Lipinski definition) is 1. The van der Waals surface area contributed by atoms with E-state index in [2.05, 4.69) is 18.8 Å². The van der Waals surface area contributed by atoms with E-state index in [1.807, 2.05) is 0 Å². The van der Waals surface area contributed by atoms with Gasteiger partial charge in [0.2, 0.25) is 5.76 Å². The zero-order valence-electron chi connectivity index (χ0n) is 11.8. The number of aromatic nitrogens is 1. The lowest BCUT2D eigenvalue weighted by Crippen LogP contribution is -2.03. The van der Waals surface area contributed by atoms with Gasteiger partial charge < -0.3 is 9.52 Å². The third-order valence-electron chi connectivity index (χ3n) is 3.71. The quantitative estimate of drug-likeness (QED) is 0.835. The van der Waals surface area contributed by atoms with E-state index in [-0.39, 0.29) is 5.76 Å². The Morgan fingerprint density at radius 1 is 1.32 bits per heavy atom. The molecule has 4 heteroatoms. The molecule has 1 aromatic rings. The molecule has 0 atom stereocenters. The van der Waals surface area contributed by atoms with E-state index in [0.29, 0.717) is 29.8 Å². The zero-order valence-corrected chi connectivity index (χ0v) is 11.8. The second kappa shape index (κ2) is 6.22. The summed E-state index contributed by atoms with van der Waals surface area (Å²) in [7, 11) is 0. The van der Waals surface area contributed by atoms with Gasteiger partial charge in [0, 0.05) is 5.92 Å². The van der Waals surface area contributed by atoms with Crippen LogP contribution in [-0.2, 0) is 6.42 Å². The summed E-state index contributed by atoms with van der Waals surface area (Å²) in [6, 6.07) is 0. The van der Waals surface area contributed by atoms with Crippen LogP contribution < -0.4 is 0 Å². The molecule has 2 rings (SSSR count). The van der Waals surface area contributed by atoms with Crippen LogP contribution in [0.1, 0.15) is 80.4 Å². The predicted octanol–water partition coefficient (Wildman–Crippen LogP) is 4.01. The van der Waals surface area contributed by atoms with Crippen molar-refractivity contribution in [2.75, 3.05) is 0 Å². The lowest BCUT2D eigenvalue weighted by Gasteiger charge is -2.08. The maximum atomic E-state index is 11.2. The number of carbonyl (C=O) groups is 1. The molecule has 0 saturated heterocycles. The molecule has 1 aliphatic rings. The van der Waals surface area contributed by atoms with E-state index in [0.717, 1.165) is 12.8 Å². The van der Waals surface area contributed by atoms with Crippen LogP contribution in [0.2, 0.25) is 0 Å². The van der Waals surface area contributed by atoms with Gasteiger partial charge in [-0.1, -0.05) is 39.5 Å². The standard InChI is InChI=1S/C15H23NO3/c1-10(2)9-12-13(15(17)18)19-14(16-12)11-7-5-3-4-6-8-11/h10-11H,3-9H2,1-2H3,(H,17,18). The van der Waals surface area contributed by atoms with Crippen molar-refractivity contribution in [3.05, 3.63) is 17.3 Å². The number of rotatable bonds is 4. The number of nitrogens with zero attached hydrogens (tertiary/aromatic N) is 1. The van der Waals surface area contributed by atoms with Crippen LogP contribution in [-0.4, -0.2) is 16.1 Å². The number of carboxylic acid groups (broad SMARTS) is 1. The van der Waals surface area contributed by atoms with Crippen molar-refractivity contribution < 1.29 is 14.3 Å². The van der Waals surface area contributed by atoms with Crippen molar-refractivity contribution in [1.82, 2.24) is 4.98 Å². The molecule has 1 N–H and O–H groups in total. The molecule has 1 aliphatic carbocycles. The number of aromatic carboxylic acids is 1. The first-order valence-corrected chi connectivity index (χ1v) is 7.30. The van der Waals surface area contributed by atoms with Crippen LogP contribution in [0.3, 0.4) is 0 Å². The van der Waals surface area contributed by atoms with Crippen molar-refractivity contribution in [1.29, 1.82) is 0 Å². The van der Waals surface area contributed by atoms with Crippen LogP contribution in [0.25, 0.3) is 0 Å². The van der Waals surface area contributed by atoms with Crippen molar-refractivity contribution >= 4 is 5.97 Å². The Bertz CT molecular complexity index is 429. The molecule has 1 aromatic heterocycles. The van der Waals surface area contributed by atoms with E-state index >= 15 is 0 Å². The molecule has 0 aromatic carbocycles. The van der Waals surface area contributed by atoms with Gasteiger partial charge in [-0.3, -0.25) is 0 Å². The molecule has 0 amide bonds. The molecule has 19 heavy (non-hydrogen) atoms. The minimum atomic E-state index is -0.997. The maximum Gasteiger partial charge on any atom is 0.373 e. The highest BCUT2D eigenvalue weighted by Crippen LogP contribution is 2.32. The second-order valence-corrected chi connectivity index (χ2v) is 5.92. The number of oxazole rings is 1. The Morgan fingerprint density at radius 2 is 1.95 bits per heavy atom. The van der Waals surface area contributed by atoms with Gasteiger partial charge in [0.05, 0.1) is 5.69 Å². The van der Waals surface area contributed by atoms with Crippen LogP contribution in [0, 0.1) is 5.92 Å². The van der Waals surface area contributed by atoms with Gasteiger partial charge in [0.1, 0.15) is 0 Å². The van der Waals surface area contributed by atoms with Gasteiger partial charge in [0.15, 0.2) is 5.89 Å². The van der Waals surface area contributed by atoms with Gasteiger partial charge in [-0.05, 0) is 25.2 Å². The van der Waals surface area contributed by atoms with E-state index in [1.54, 1.807) is 0 Å². The Kier molecular flexibility index (Phi) is 4.61. The summed E-state index contributed by atoms with van der Waals surface area (Å²) in [6.07, 6.45) is 7.72. The van der Waals surface area contributed by atoms with Crippen molar-refractivity contribution in [3.63, 3.8) is 0 Å². The van der Waals surface area contributed by atoms with Gasteiger partial charge >= 0.3 is 5.97 Å². The molecule has 0 aliphatic heterocycles. The fraction of sp³-hybridized carbons (Fsp3) is 0.733. The maximum absolute atomic E-state index is 11.2. The van der Waals surface area contributed by atoms with Crippen LogP contribution in [0.15, 0.2) is 4.42 Å². The Morgan fingerprint density at radius 3 is 2.47 bits per heavy atom. The lowest BCUT2D eigenvalue weighted by atomic mass is 10.0. The summed E-state index contributed by atoms with van der Waals surface area (Å²) in [5.74, 6) is 0.387. The van der Waals surface area contributed by atoms with Crippen molar-refractivity contribution in [2.45, 2.75) is 64.7 Å². The highest BCUT2D eigenvalue weighted by molar-refractivity contribution is 5.85. The second-order valence-electron chi connectivity index (χ2n) is 5.92. The predicted molar refractivity (Wildman–Crippen MR) is 72.4 cm³/mol. The van der Waals surface area contributed by atoms with Crippen molar-refractivity contribution in [3.8, 4) is 0 Å². The molecular formula is C15H23NO3. The fourth-order valence-electron chi connectivity index (χ4n) is 2.76. The Labute approximate surface area is 114 Å². The molecule has 0 spiro atoms. The average Bonchev–Trinajstić information content (AvgIpc) is 2.59. The minimum Gasteiger partial charge on any atom is -0.475 e. The average molecular weight is 265 g/mol. The van der Waals surface area contributed by atoms with Crippen molar-refractivity contribution in [2.24, 2.45) is 5.92 Å². The lowest BCUT2D eigenvalue weighted by molar-refractivity contribution is 0.0657. The highest BCUT2D eigenvalue weighted by atomic mass is 16.4. The van der Waals surface area contributed by atoms with Gasteiger partial charge in [0.25, 0.3) is 0 Å². The number of hydrogen-bond acceptors (Lipinski definition) is 3. The largest absolute Gasteiger partial charge is 0.475 e. The van der Waals surface area contributed by atoms with E-state index < -0.39 is 5.97 Å². The molecule has 0 bridgehead atoms. The SMILES string of the molecule is CC(C)Cc1nc(C2CCCCCC2)oc1C(=O)O. The van der Waals surface area contributed by atoms with Crippen LogP contribution in [0.4, 0.5) is 0 Å². The van der Waals surface area contributed by atoms with Crippen LogP contribution >= 0.6 is 0 Å². The smallest absolute Gasteiger partial charge is 0.373 e. The highest BCUT2D eigenvalue weighted by Gasteiger charge is 2.25. The third kappa shape index (κ3) is 3.58. The van der Waals surface area contributed by atoms with Gasteiger partial charge in [-0.25, -0.2) is 9.78 Å². The summed E-state index contributed by atoms with van der Waals surface area (Å²) in [4.78, 5) is 15.7. The molecule has 0 unspecified atom stereocenters. The zero-order chi connectivity index (χ0) is 13.8. The van der Waals surface area contributed by atoms with Gasteiger partial charge in [-0.2, -0.15) is 0 Å². The molecule has 0 radical (unpaired) electrons. The van der Waals surface area contributed by atoms with E-state index in [9.17, 15) is 9.90 Å². The molecular weight excluding hydrogens is 242 g/mol. The Hall–Kier alpha value is -1.32. The first-order chi connectivity index (χ1) is 9.08. The fourth-order valence-corrected chi connectivity index (χ4v) is 2.76. The van der Waals surface area contributed by atoms with E-state index in [4.69, 9.17) is 4.42 Å². The first kappa shape index (κ1) is 14.1. The summed E-state index contributed by atoms with van der Waals surface area (Å²) in [5, 5.41) is 9.21. The van der Waals surface area contributed by atoms with E-state index in [1.165, 1.54) is 25.7 Å². The summed E-state index contributed by atoms with van der Waals surface area (Å²) in [5.41, 5.74) is 0.613. The monoisotopic (exact) mass is 265 g/mol. The normalized spacial score (nSPS) is 17.6. The molecule has 1 fully saturated rings. The first-order valence-electron chi connectivity index (χ1n) is 7.30. The molecule has 1 saturated carbocycles. The molecule has 4 nitrogen and oxygen atoms in total. The van der Waals surface area contributed by atoms with Crippen LogP contribution in [0.5, 0.6) is 0 Å². The van der Waals surface area contributed by atoms with Gasteiger partial charge in [-0.15, -0.1) is 0 Å². The Balaban J connectivity index is 2.22.